The quantitative estimate of drug-likeness (QED) is 0.464. The predicted octanol–water partition coefficient (Wildman–Crippen LogP) is 4.01. The molecule has 0 spiro atoms. The van der Waals surface area contributed by atoms with Gasteiger partial charge in [0.1, 0.15) is 23.0 Å². The summed E-state index contributed by atoms with van der Waals surface area (Å²) in [6.45, 7) is 0. The highest BCUT2D eigenvalue weighted by Crippen LogP contribution is 2.38. The van der Waals surface area contributed by atoms with Crippen LogP contribution in [0.4, 0.5) is 36.6 Å². The Bertz CT molecular complexity index is 1080. The van der Waals surface area contributed by atoms with Crippen LogP contribution in [0.3, 0.4) is 0 Å². The third-order valence-corrected chi connectivity index (χ3v) is 3.76. The minimum Gasteiger partial charge on any atom is -0.452 e. The molecule has 1 aromatic carbocycles. The van der Waals surface area contributed by atoms with Crippen LogP contribution in [-0.4, -0.2) is 15.7 Å². The first-order valence-corrected chi connectivity index (χ1v) is 7.63. The monoisotopic (exact) mass is 419 g/mol. The van der Waals surface area contributed by atoms with E-state index in [1.54, 1.807) is 5.94 Å². The highest BCUT2D eigenvalue weighted by atomic mass is 19.4. The number of halogens is 7. The van der Waals surface area contributed by atoms with Crippen molar-refractivity contribution in [3.63, 3.8) is 0 Å². The van der Waals surface area contributed by atoms with Crippen molar-refractivity contribution < 1.29 is 40.3 Å². The molecule has 12 heteroatoms. The molecule has 0 amide bonds. The molecule has 0 radical (unpaired) electrons. The molecule has 2 aromatic rings. The van der Waals surface area contributed by atoms with Crippen molar-refractivity contribution in [1.82, 2.24) is 9.78 Å². The summed E-state index contributed by atoms with van der Waals surface area (Å²) < 4.78 is 99.3. The van der Waals surface area contributed by atoms with E-state index in [-0.39, 0.29) is 28.2 Å². The fraction of sp³-hybridized carbons (Fsp3) is 0.118. The minimum atomic E-state index is -5.67. The molecule has 2 N–H and O–H groups in total. The molecule has 5 nitrogen and oxygen atoms in total. The van der Waals surface area contributed by atoms with Gasteiger partial charge in [-0.2, -0.15) is 13.2 Å². The Hall–Kier alpha value is -3.53. The van der Waals surface area contributed by atoms with E-state index in [2.05, 4.69) is 5.10 Å². The lowest BCUT2D eigenvalue weighted by Crippen LogP contribution is -2.18. The van der Waals surface area contributed by atoms with Crippen LogP contribution in [0.15, 0.2) is 35.8 Å². The number of nitrogens with zero attached hydrogens (tertiary/aromatic N) is 2. The number of anilines is 1. The summed E-state index contributed by atoms with van der Waals surface area (Å²) >= 11 is 0. The standard InChI is InChI=1S/C17H8F7N3O2/c18-11-10(17(22,23)24)12(19)14(21)15(13(11)20)27-5-9(16(25)26-27)29-8-3-1-2-7(4-8)6-28/h1,3-5H,2H2,(H2,25,26). The van der Waals surface area contributed by atoms with Crippen molar-refractivity contribution in [3.05, 3.63) is 64.6 Å². The van der Waals surface area contributed by atoms with E-state index >= 15 is 0 Å². The summed E-state index contributed by atoms with van der Waals surface area (Å²) in [6, 6.07) is 0. The lowest BCUT2D eigenvalue weighted by Gasteiger charge is -2.13. The van der Waals surface area contributed by atoms with Crippen molar-refractivity contribution in [2.45, 2.75) is 12.6 Å². The van der Waals surface area contributed by atoms with Crippen LogP contribution < -0.4 is 10.5 Å². The number of benzene rings is 1. The zero-order chi connectivity index (χ0) is 21.5. The molecule has 152 valence electrons. The summed E-state index contributed by atoms with van der Waals surface area (Å²) in [4.78, 5) is 10.7. The van der Waals surface area contributed by atoms with Gasteiger partial charge in [-0.15, -0.1) is 5.10 Å². The van der Waals surface area contributed by atoms with Crippen molar-refractivity contribution >= 4 is 11.8 Å². The molecule has 3 rings (SSSR count). The first kappa shape index (κ1) is 20.2. The second-order valence-electron chi connectivity index (χ2n) is 5.68. The van der Waals surface area contributed by atoms with Gasteiger partial charge in [-0.3, -0.25) is 0 Å². The van der Waals surface area contributed by atoms with Crippen LogP contribution in [0.5, 0.6) is 5.75 Å². The van der Waals surface area contributed by atoms with Gasteiger partial charge >= 0.3 is 6.18 Å². The summed E-state index contributed by atoms with van der Waals surface area (Å²) in [5, 5.41) is 3.42. The first-order chi connectivity index (χ1) is 13.5. The van der Waals surface area contributed by atoms with Gasteiger partial charge in [-0.05, 0) is 12.2 Å². The van der Waals surface area contributed by atoms with Crippen LogP contribution in [0, 0.1) is 23.3 Å². The number of alkyl halides is 3. The molecular formula is C17H8F7N3O2. The Balaban J connectivity index is 2.08. The average molecular weight is 419 g/mol. The predicted molar refractivity (Wildman–Crippen MR) is 84.5 cm³/mol. The van der Waals surface area contributed by atoms with Crippen LogP contribution in [-0.2, 0) is 11.0 Å². The van der Waals surface area contributed by atoms with Gasteiger partial charge in [0.15, 0.2) is 34.8 Å². The number of ether oxygens (including phenoxy) is 1. The largest absolute Gasteiger partial charge is 0.452 e. The highest BCUT2D eigenvalue weighted by molar-refractivity contribution is 5.60. The number of allylic oxidation sites excluding steroid dienone is 4. The molecular weight excluding hydrogens is 411 g/mol. The molecule has 29 heavy (non-hydrogen) atoms. The third kappa shape index (κ3) is 3.61. The average Bonchev–Trinajstić information content (AvgIpc) is 2.99. The number of nitrogen functional groups attached to an aromatic ring is 1. The van der Waals surface area contributed by atoms with Gasteiger partial charge in [-0.25, -0.2) is 27.0 Å². The van der Waals surface area contributed by atoms with Crippen LogP contribution in [0.25, 0.3) is 5.69 Å². The van der Waals surface area contributed by atoms with Crippen molar-refractivity contribution in [2.75, 3.05) is 5.73 Å². The van der Waals surface area contributed by atoms with Gasteiger partial charge in [-0.1, -0.05) is 6.08 Å². The van der Waals surface area contributed by atoms with E-state index in [0.29, 0.717) is 6.20 Å². The fourth-order valence-corrected chi connectivity index (χ4v) is 2.48. The number of carbonyl (C=O) groups excluding carboxylic acids is 1. The van der Waals surface area contributed by atoms with Gasteiger partial charge in [0, 0.05) is 12.0 Å². The zero-order valence-electron chi connectivity index (χ0n) is 14.0. The van der Waals surface area contributed by atoms with Gasteiger partial charge in [0.2, 0.25) is 0 Å². The number of hydrogen-bond acceptors (Lipinski definition) is 4. The van der Waals surface area contributed by atoms with Gasteiger partial charge in [0.05, 0.1) is 6.20 Å². The molecule has 0 saturated carbocycles. The van der Waals surface area contributed by atoms with Crippen LogP contribution in [0.2, 0.25) is 0 Å². The van der Waals surface area contributed by atoms with Crippen molar-refractivity contribution in [2.24, 2.45) is 0 Å². The number of hydrogen-bond donors (Lipinski definition) is 1. The summed E-state index contributed by atoms with van der Waals surface area (Å²) in [5.74, 6) is -9.06. The lowest BCUT2D eigenvalue weighted by atomic mass is 10.1. The molecule has 0 aliphatic heterocycles. The number of aromatic nitrogens is 2. The Morgan fingerprint density at radius 1 is 1.10 bits per heavy atom. The third-order valence-electron chi connectivity index (χ3n) is 3.76. The molecule has 0 fully saturated rings. The summed E-state index contributed by atoms with van der Waals surface area (Å²) in [5.41, 5.74) is 1.48. The molecule has 1 aromatic heterocycles. The first-order valence-electron chi connectivity index (χ1n) is 7.63. The molecule has 0 bridgehead atoms. The Morgan fingerprint density at radius 3 is 2.28 bits per heavy atom. The van der Waals surface area contributed by atoms with Crippen LogP contribution >= 0.6 is 0 Å². The molecule has 1 aliphatic rings. The SMILES string of the molecule is Nc1nn(-c2c(F)c(F)c(C(F)(F)F)c(F)c2F)cc1OC1=CC(=C=O)CC=C1. The summed E-state index contributed by atoms with van der Waals surface area (Å²) in [6.07, 6.45) is -0.438. The van der Waals surface area contributed by atoms with E-state index in [9.17, 15) is 35.5 Å². The Labute approximate surface area is 157 Å². The molecule has 1 aliphatic carbocycles. The second kappa shape index (κ2) is 7.13. The number of nitrogens with two attached hydrogens (primary N) is 1. The van der Waals surface area contributed by atoms with E-state index in [4.69, 9.17) is 10.5 Å². The van der Waals surface area contributed by atoms with E-state index in [0.717, 1.165) is 0 Å². The molecule has 0 unspecified atom stereocenters. The fourth-order valence-electron chi connectivity index (χ4n) is 2.48. The zero-order valence-corrected chi connectivity index (χ0v) is 14.0. The molecule has 0 saturated heterocycles. The Kier molecular flexibility index (Phi) is 4.97. The van der Waals surface area contributed by atoms with E-state index in [1.807, 2.05) is 0 Å². The topological polar surface area (TPSA) is 70.1 Å². The smallest absolute Gasteiger partial charge is 0.422 e. The van der Waals surface area contributed by atoms with Gasteiger partial charge in [0.25, 0.3) is 0 Å². The second-order valence-corrected chi connectivity index (χ2v) is 5.68. The normalized spacial score (nSPS) is 14.0. The summed E-state index contributed by atoms with van der Waals surface area (Å²) in [7, 11) is 0. The minimum absolute atomic E-state index is 0.0616. The van der Waals surface area contributed by atoms with E-state index in [1.165, 1.54) is 18.2 Å². The maximum Gasteiger partial charge on any atom is 0.422 e. The van der Waals surface area contributed by atoms with Crippen molar-refractivity contribution in [1.29, 1.82) is 0 Å². The van der Waals surface area contributed by atoms with E-state index < -0.39 is 46.5 Å². The Morgan fingerprint density at radius 2 is 1.72 bits per heavy atom. The lowest BCUT2D eigenvalue weighted by molar-refractivity contribution is -0.143. The van der Waals surface area contributed by atoms with Gasteiger partial charge < -0.3 is 10.5 Å². The maximum absolute atomic E-state index is 14.1. The van der Waals surface area contributed by atoms with Crippen LogP contribution in [0.1, 0.15) is 12.0 Å². The molecule has 1 heterocycles. The van der Waals surface area contributed by atoms with Crippen molar-refractivity contribution in [3.8, 4) is 11.4 Å². The highest BCUT2D eigenvalue weighted by Gasteiger charge is 2.42. The molecule has 0 atom stereocenters. The maximum atomic E-state index is 14.1. The number of rotatable bonds is 3.